The van der Waals surface area contributed by atoms with E-state index in [1.165, 1.54) is 6.26 Å². The van der Waals surface area contributed by atoms with Gasteiger partial charge in [-0.05, 0) is 38.8 Å². The molecule has 220 valence electrons. The van der Waals surface area contributed by atoms with Crippen molar-refractivity contribution in [2.45, 2.75) is 69.4 Å². The Balaban J connectivity index is 1.39. The second-order valence-corrected chi connectivity index (χ2v) is 11.3. The van der Waals surface area contributed by atoms with Crippen molar-refractivity contribution in [1.82, 2.24) is 20.4 Å². The number of hydrogen-bond donors (Lipinski definition) is 4. The first-order valence-electron chi connectivity index (χ1n) is 13.8. The van der Waals surface area contributed by atoms with Gasteiger partial charge in [0.25, 0.3) is 11.8 Å². The Hall–Kier alpha value is -3.47. The molecule has 3 heterocycles. The number of likely N-dealkylation sites (tertiary alicyclic amines) is 2. The first-order chi connectivity index (χ1) is 19.4. The zero-order chi connectivity index (χ0) is 29.8. The van der Waals surface area contributed by atoms with Gasteiger partial charge in [-0.15, -0.1) is 0 Å². The number of para-hydroxylation sites is 1. The lowest BCUT2D eigenvalue weighted by Crippen LogP contribution is -2.50. The Morgan fingerprint density at radius 3 is 2.66 bits per heavy atom. The topological polar surface area (TPSA) is 142 Å². The van der Waals surface area contributed by atoms with Crippen molar-refractivity contribution in [3.8, 4) is 6.07 Å². The van der Waals surface area contributed by atoms with Gasteiger partial charge in [-0.1, -0.05) is 18.2 Å². The van der Waals surface area contributed by atoms with Crippen molar-refractivity contribution in [3.63, 3.8) is 0 Å². The fourth-order valence-corrected chi connectivity index (χ4v) is 5.63. The van der Waals surface area contributed by atoms with Crippen LogP contribution in [0.4, 0.5) is 13.6 Å². The monoisotopic (exact) mass is 571 g/mol. The zero-order valence-electron chi connectivity index (χ0n) is 23.3. The number of benzene rings is 1. The second-order valence-electron chi connectivity index (χ2n) is 11.3. The summed E-state index contributed by atoms with van der Waals surface area (Å²) in [6.45, 7) is 4.48. The molecule has 0 unspecified atom stereocenters. The maximum atomic E-state index is 13.6. The first-order valence-corrected chi connectivity index (χ1v) is 13.8. The number of nitriles is 1. The fourth-order valence-electron chi connectivity index (χ4n) is 5.63. The summed E-state index contributed by atoms with van der Waals surface area (Å²) in [5, 5.41) is 35.3. The van der Waals surface area contributed by atoms with Crippen molar-refractivity contribution in [2.75, 3.05) is 26.2 Å². The average Bonchev–Trinajstić information content (AvgIpc) is 3.56. The van der Waals surface area contributed by atoms with Gasteiger partial charge in [0.05, 0.1) is 12.3 Å². The quantitative estimate of drug-likeness (QED) is 0.206. The lowest BCUT2D eigenvalue weighted by molar-refractivity contribution is -0.127. The summed E-state index contributed by atoms with van der Waals surface area (Å²) >= 11 is 0. The van der Waals surface area contributed by atoms with Crippen LogP contribution in [0, 0.1) is 11.3 Å². The van der Waals surface area contributed by atoms with E-state index >= 15 is 0 Å². The number of piperidine rings is 1. The van der Waals surface area contributed by atoms with E-state index in [-0.39, 0.29) is 50.4 Å². The first kappa shape index (κ1) is 30.5. The second kappa shape index (κ2) is 12.6. The summed E-state index contributed by atoms with van der Waals surface area (Å²) in [6, 6.07) is 7.55. The molecule has 1 aromatic carbocycles. The van der Waals surface area contributed by atoms with Gasteiger partial charge in [0, 0.05) is 67.9 Å². The number of hydrogen-bond acceptors (Lipinski definition) is 7. The highest BCUT2D eigenvalue weighted by Gasteiger charge is 2.39. The van der Waals surface area contributed by atoms with Gasteiger partial charge < -0.3 is 30.0 Å². The average molecular weight is 571 g/mol. The minimum atomic E-state index is -2.70. The lowest BCUT2D eigenvalue weighted by Gasteiger charge is -2.41. The smallest absolute Gasteiger partial charge is 0.453 e. The lowest BCUT2D eigenvalue weighted by atomic mass is 9.79. The SMILES string of the molecule is CC(C)(C=C(C#N)C(=O)N1CCC[C@@H]1CNC(=O)N[C@H](CB(O)O)c1coc2ccccc12)N1CCC(F)(F)CC1. The highest BCUT2D eigenvalue weighted by atomic mass is 19.3. The van der Waals surface area contributed by atoms with E-state index in [9.17, 15) is 33.7 Å². The third-order valence-electron chi connectivity index (χ3n) is 7.93. The van der Waals surface area contributed by atoms with Gasteiger partial charge in [0.2, 0.25) is 0 Å². The number of urea groups is 1. The van der Waals surface area contributed by atoms with E-state index in [1.807, 2.05) is 29.2 Å². The molecule has 2 aliphatic rings. The van der Waals surface area contributed by atoms with Gasteiger partial charge in [0.15, 0.2) is 0 Å². The summed E-state index contributed by atoms with van der Waals surface area (Å²) < 4.78 is 32.8. The number of fused-ring (bicyclic) bond motifs is 1. The van der Waals surface area contributed by atoms with Crippen LogP contribution in [0.15, 0.2) is 46.6 Å². The van der Waals surface area contributed by atoms with Gasteiger partial charge >= 0.3 is 13.1 Å². The molecule has 3 amide bonds. The zero-order valence-corrected chi connectivity index (χ0v) is 23.3. The Kier molecular flexibility index (Phi) is 9.36. The molecule has 0 bridgehead atoms. The van der Waals surface area contributed by atoms with Crippen molar-refractivity contribution in [3.05, 3.63) is 47.7 Å². The minimum absolute atomic E-state index is 0.0625. The van der Waals surface area contributed by atoms with E-state index in [1.54, 1.807) is 30.9 Å². The molecule has 13 heteroatoms. The molecule has 2 aliphatic heterocycles. The summed E-state index contributed by atoms with van der Waals surface area (Å²) in [6.07, 6.45) is 3.65. The van der Waals surface area contributed by atoms with Crippen LogP contribution < -0.4 is 10.6 Å². The van der Waals surface area contributed by atoms with Crippen LogP contribution in [-0.4, -0.2) is 82.6 Å². The number of furan rings is 1. The Labute approximate surface area is 238 Å². The number of carbonyl (C=O) groups is 2. The molecule has 0 spiro atoms. The summed E-state index contributed by atoms with van der Waals surface area (Å²) in [5.74, 6) is -3.16. The fraction of sp³-hybridized carbons (Fsp3) is 0.536. The van der Waals surface area contributed by atoms with E-state index in [4.69, 9.17) is 4.42 Å². The number of nitrogens with one attached hydrogen (secondary N) is 2. The van der Waals surface area contributed by atoms with Crippen molar-refractivity contribution >= 4 is 30.0 Å². The van der Waals surface area contributed by atoms with E-state index in [0.29, 0.717) is 30.5 Å². The number of rotatable bonds is 9. The molecule has 4 N–H and O–H groups in total. The van der Waals surface area contributed by atoms with Crippen LogP contribution >= 0.6 is 0 Å². The number of halogens is 2. The van der Waals surface area contributed by atoms with E-state index in [0.717, 1.165) is 5.39 Å². The molecule has 4 rings (SSSR count). The highest BCUT2D eigenvalue weighted by Crippen LogP contribution is 2.33. The molecule has 0 radical (unpaired) electrons. The van der Waals surface area contributed by atoms with Crippen LogP contribution in [0.3, 0.4) is 0 Å². The Morgan fingerprint density at radius 1 is 1.27 bits per heavy atom. The van der Waals surface area contributed by atoms with Gasteiger partial charge in [-0.25, -0.2) is 13.6 Å². The number of nitrogens with zero attached hydrogens (tertiary/aromatic N) is 3. The Morgan fingerprint density at radius 2 is 1.98 bits per heavy atom. The highest BCUT2D eigenvalue weighted by molar-refractivity contribution is 6.41. The van der Waals surface area contributed by atoms with Gasteiger partial charge in [-0.3, -0.25) is 9.69 Å². The molecular weight excluding hydrogens is 535 g/mol. The molecule has 41 heavy (non-hydrogen) atoms. The van der Waals surface area contributed by atoms with Crippen LogP contribution in [0.5, 0.6) is 0 Å². The number of amides is 3. The normalized spacial score (nSPS) is 20.5. The van der Waals surface area contributed by atoms with Crippen LogP contribution in [0.1, 0.15) is 51.1 Å². The molecule has 10 nitrogen and oxygen atoms in total. The molecule has 0 aliphatic carbocycles. The largest absolute Gasteiger partial charge is 0.464 e. The molecule has 0 saturated carbocycles. The summed E-state index contributed by atoms with van der Waals surface area (Å²) in [7, 11) is -1.67. The maximum absolute atomic E-state index is 13.6. The maximum Gasteiger partial charge on any atom is 0.453 e. The Bertz CT molecular complexity index is 1310. The van der Waals surface area contributed by atoms with Crippen molar-refractivity contribution in [2.24, 2.45) is 0 Å². The van der Waals surface area contributed by atoms with Gasteiger partial charge in [-0.2, -0.15) is 5.26 Å². The predicted molar refractivity (Wildman–Crippen MR) is 149 cm³/mol. The third kappa shape index (κ3) is 7.44. The van der Waals surface area contributed by atoms with Crippen molar-refractivity contribution in [1.29, 1.82) is 5.26 Å². The number of carbonyl (C=O) groups excluding carboxylic acids is 2. The van der Waals surface area contributed by atoms with Crippen molar-refractivity contribution < 1.29 is 32.8 Å². The molecule has 2 fully saturated rings. The minimum Gasteiger partial charge on any atom is -0.464 e. The standard InChI is InChI=1S/C28H36BF2N5O5/c1-27(2,35-12-9-28(30,31)10-13-35)14-19(16-32)25(37)36-11-5-6-20(36)17-33-26(38)34-23(15-29(39)40)22-18-41-24-8-4-3-7-21(22)24/h3-4,7-8,14,18,20,23,39-40H,5-6,9-13,15,17H2,1-2H3,(H2,33,34,38)/t20-,23-/m1/s1. The van der Waals surface area contributed by atoms with Crippen LogP contribution in [0.2, 0.25) is 6.32 Å². The molecule has 2 atom stereocenters. The predicted octanol–water partition coefficient (Wildman–Crippen LogP) is 3.20. The number of alkyl halides is 2. The molecule has 2 aromatic rings. The molecule has 2 saturated heterocycles. The van der Waals surface area contributed by atoms with Crippen LogP contribution in [-0.2, 0) is 4.79 Å². The van der Waals surface area contributed by atoms with Crippen LogP contribution in [0.25, 0.3) is 11.0 Å². The molecule has 1 aromatic heterocycles. The third-order valence-corrected chi connectivity index (χ3v) is 7.93. The molecular formula is C28H36BF2N5O5. The van der Waals surface area contributed by atoms with Gasteiger partial charge in [0.1, 0.15) is 17.2 Å². The summed E-state index contributed by atoms with van der Waals surface area (Å²) in [4.78, 5) is 29.6. The van der Waals surface area contributed by atoms with E-state index < -0.39 is 36.6 Å². The van der Waals surface area contributed by atoms with E-state index in [2.05, 4.69) is 10.6 Å². The summed E-state index contributed by atoms with van der Waals surface area (Å²) in [5.41, 5.74) is 0.372.